The van der Waals surface area contributed by atoms with Crippen molar-refractivity contribution in [2.75, 3.05) is 4.90 Å². The zero-order chi connectivity index (χ0) is 17.2. The number of nitrogens with zero attached hydrogens (tertiary/aromatic N) is 2. The van der Waals surface area contributed by atoms with Gasteiger partial charge >= 0.3 is 6.09 Å². The second-order valence-electron chi connectivity index (χ2n) is 6.13. The van der Waals surface area contributed by atoms with Crippen molar-refractivity contribution in [3.63, 3.8) is 0 Å². The van der Waals surface area contributed by atoms with E-state index in [2.05, 4.69) is 4.98 Å². The third-order valence-electron chi connectivity index (χ3n) is 2.81. The molecule has 2 rings (SSSR count). The molecule has 6 heteroatoms. The van der Waals surface area contributed by atoms with Gasteiger partial charge in [-0.1, -0.05) is 23.2 Å². The quantitative estimate of drug-likeness (QED) is 0.688. The highest BCUT2D eigenvalue weighted by molar-refractivity contribution is 6.35. The first kappa shape index (κ1) is 17.6. The number of hydrogen-bond acceptors (Lipinski definition) is 3. The Morgan fingerprint density at radius 2 is 1.74 bits per heavy atom. The van der Waals surface area contributed by atoms with Crippen LogP contribution in [0.4, 0.5) is 16.3 Å². The molecule has 1 aromatic heterocycles. The average molecular weight is 353 g/mol. The van der Waals surface area contributed by atoms with Crippen molar-refractivity contribution in [3.8, 4) is 0 Å². The fourth-order valence-corrected chi connectivity index (χ4v) is 2.46. The van der Waals surface area contributed by atoms with Gasteiger partial charge in [-0.15, -0.1) is 0 Å². The largest absolute Gasteiger partial charge is 0.443 e. The molecule has 2 aromatic rings. The van der Waals surface area contributed by atoms with Gasteiger partial charge in [0.25, 0.3) is 0 Å². The van der Waals surface area contributed by atoms with Crippen LogP contribution in [0, 0.1) is 6.92 Å². The Hall–Kier alpha value is -1.78. The van der Waals surface area contributed by atoms with E-state index in [1.807, 2.05) is 13.0 Å². The minimum atomic E-state index is -0.637. The van der Waals surface area contributed by atoms with Crippen LogP contribution in [0.5, 0.6) is 0 Å². The van der Waals surface area contributed by atoms with Gasteiger partial charge in [-0.3, -0.25) is 0 Å². The van der Waals surface area contributed by atoms with Crippen LogP contribution in [0.25, 0.3) is 0 Å². The van der Waals surface area contributed by atoms with Crippen LogP contribution in [0.3, 0.4) is 0 Å². The molecule has 1 amide bonds. The second-order valence-corrected chi connectivity index (χ2v) is 7.01. The standard InChI is InChI=1S/C17H18Cl2N2O2/c1-11-5-6-20-15(7-11)21(16(22)23-17(2,3)4)14-9-12(18)8-13(19)10-14/h5-10H,1-4H3. The highest BCUT2D eigenvalue weighted by Crippen LogP contribution is 2.31. The predicted molar refractivity (Wildman–Crippen MR) is 93.8 cm³/mol. The molecule has 0 spiro atoms. The molecule has 0 aliphatic carbocycles. The maximum absolute atomic E-state index is 12.7. The summed E-state index contributed by atoms with van der Waals surface area (Å²) in [5.41, 5.74) is 0.827. The third kappa shape index (κ3) is 4.85. The summed E-state index contributed by atoms with van der Waals surface area (Å²) in [6, 6.07) is 8.52. The lowest BCUT2D eigenvalue weighted by Gasteiger charge is -2.27. The summed E-state index contributed by atoms with van der Waals surface area (Å²) in [7, 11) is 0. The van der Waals surface area contributed by atoms with E-state index in [9.17, 15) is 4.79 Å². The molecule has 0 saturated carbocycles. The van der Waals surface area contributed by atoms with Gasteiger partial charge in [0.15, 0.2) is 0 Å². The smallest absolute Gasteiger partial charge is 0.420 e. The molecule has 0 saturated heterocycles. The number of rotatable bonds is 2. The summed E-state index contributed by atoms with van der Waals surface area (Å²) in [5.74, 6) is 0.442. The SMILES string of the molecule is Cc1ccnc(N(C(=O)OC(C)(C)C)c2cc(Cl)cc(Cl)c2)c1. The van der Waals surface area contributed by atoms with Crippen LogP contribution in [-0.2, 0) is 4.74 Å². The number of ether oxygens (including phenoxy) is 1. The number of carbonyl (C=O) groups is 1. The van der Waals surface area contributed by atoms with Gasteiger partial charge in [-0.2, -0.15) is 0 Å². The minimum Gasteiger partial charge on any atom is -0.443 e. The van der Waals surface area contributed by atoms with Crippen molar-refractivity contribution < 1.29 is 9.53 Å². The average Bonchev–Trinajstić information content (AvgIpc) is 2.35. The Morgan fingerprint density at radius 3 is 2.26 bits per heavy atom. The molecule has 0 aliphatic heterocycles. The highest BCUT2D eigenvalue weighted by Gasteiger charge is 2.26. The van der Waals surface area contributed by atoms with Gasteiger partial charge in [0.05, 0.1) is 5.69 Å². The van der Waals surface area contributed by atoms with Crippen LogP contribution in [0.15, 0.2) is 36.5 Å². The monoisotopic (exact) mass is 352 g/mol. The maximum atomic E-state index is 12.7. The molecule has 0 bridgehead atoms. The fourth-order valence-electron chi connectivity index (χ4n) is 1.95. The van der Waals surface area contributed by atoms with Crippen LogP contribution in [-0.4, -0.2) is 16.7 Å². The number of halogens is 2. The van der Waals surface area contributed by atoms with E-state index in [4.69, 9.17) is 27.9 Å². The first-order chi connectivity index (χ1) is 10.7. The molecule has 122 valence electrons. The van der Waals surface area contributed by atoms with Crippen molar-refractivity contribution in [2.24, 2.45) is 0 Å². The molecular formula is C17H18Cl2N2O2. The van der Waals surface area contributed by atoms with E-state index in [0.29, 0.717) is 21.6 Å². The molecule has 0 unspecified atom stereocenters. The lowest BCUT2D eigenvalue weighted by atomic mass is 10.2. The molecule has 1 aromatic carbocycles. The molecule has 23 heavy (non-hydrogen) atoms. The maximum Gasteiger partial charge on any atom is 0.420 e. The van der Waals surface area contributed by atoms with Crippen molar-refractivity contribution in [1.82, 2.24) is 4.98 Å². The van der Waals surface area contributed by atoms with E-state index in [1.54, 1.807) is 51.2 Å². The summed E-state index contributed by atoms with van der Waals surface area (Å²) in [6.07, 6.45) is 1.09. The zero-order valence-electron chi connectivity index (χ0n) is 13.4. The van der Waals surface area contributed by atoms with Crippen molar-refractivity contribution >= 4 is 40.8 Å². The van der Waals surface area contributed by atoms with Crippen LogP contribution in [0.2, 0.25) is 10.0 Å². The number of aromatic nitrogens is 1. The van der Waals surface area contributed by atoms with Gasteiger partial charge in [0, 0.05) is 16.2 Å². The Bertz CT molecular complexity index is 707. The van der Waals surface area contributed by atoms with Crippen molar-refractivity contribution in [1.29, 1.82) is 0 Å². The Labute approximate surface area is 146 Å². The summed E-state index contributed by atoms with van der Waals surface area (Å²) in [6.45, 7) is 7.33. The number of anilines is 2. The number of pyridine rings is 1. The number of aryl methyl sites for hydroxylation is 1. The highest BCUT2D eigenvalue weighted by atomic mass is 35.5. The molecule has 0 radical (unpaired) electrons. The topological polar surface area (TPSA) is 42.4 Å². The normalized spacial score (nSPS) is 11.2. The molecule has 1 heterocycles. The van der Waals surface area contributed by atoms with Gasteiger partial charge in [-0.25, -0.2) is 14.7 Å². The van der Waals surface area contributed by atoms with Crippen molar-refractivity contribution in [2.45, 2.75) is 33.3 Å². The van der Waals surface area contributed by atoms with Gasteiger partial charge in [0.2, 0.25) is 0 Å². The minimum absolute atomic E-state index is 0.425. The van der Waals surface area contributed by atoms with E-state index in [0.717, 1.165) is 5.56 Å². The van der Waals surface area contributed by atoms with Gasteiger partial charge in [0.1, 0.15) is 11.4 Å². The number of hydrogen-bond donors (Lipinski definition) is 0. The molecule has 4 nitrogen and oxygen atoms in total. The van der Waals surface area contributed by atoms with Gasteiger partial charge in [-0.05, 0) is 63.6 Å². The molecule has 0 fully saturated rings. The number of amides is 1. The Morgan fingerprint density at radius 1 is 1.13 bits per heavy atom. The van der Waals surface area contributed by atoms with Crippen LogP contribution < -0.4 is 4.90 Å². The summed E-state index contributed by atoms with van der Waals surface area (Å²) < 4.78 is 5.49. The van der Waals surface area contributed by atoms with E-state index < -0.39 is 11.7 Å². The molecule has 0 N–H and O–H groups in total. The Balaban J connectivity index is 2.53. The first-order valence-corrected chi connectivity index (χ1v) is 7.83. The second kappa shape index (κ2) is 6.77. The van der Waals surface area contributed by atoms with Gasteiger partial charge < -0.3 is 4.74 Å². The lowest BCUT2D eigenvalue weighted by molar-refractivity contribution is 0.0598. The van der Waals surface area contributed by atoms with E-state index >= 15 is 0 Å². The van der Waals surface area contributed by atoms with Crippen molar-refractivity contribution in [3.05, 3.63) is 52.1 Å². The van der Waals surface area contributed by atoms with E-state index in [1.165, 1.54) is 4.90 Å². The summed E-state index contributed by atoms with van der Waals surface area (Å²) in [5, 5.41) is 0.849. The van der Waals surface area contributed by atoms with Crippen LogP contribution in [0.1, 0.15) is 26.3 Å². The number of benzene rings is 1. The molecule has 0 atom stereocenters. The third-order valence-corrected chi connectivity index (χ3v) is 3.25. The molecular weight excluding hydrogens is 335 g/mol. The Kier molecular flexibility index (Phi) is 5.17. The number of carbonyl (C=O) groups excluding carboxylic acids is 1. The fraction of sp³-hybridized carbons (Fsp3) is 0.294. The lowest BCUT2D eigenvalue weighted by Crippen LogP contribution is -2.34. The van der Waals surface area contributed by atoms with Crippen LogP contribution >= 0.6 is 23.2 Å². The zero-order valence-corrected chi connectivity index (χ0v) is 14.9. The first-order valence-electron chi connectivity index (χ1n) is 7.07. The van der Waals surface area contributed by atoms with E-state index in [-0.39, 0.29) is 0 Å². The summed E-state index contributed by atoms with van der Waals surface area (Å²) in [4.78, 5) is 18.3. The summed E-state index contributed by atoms with van der Waals surface area (Å²) >= 11 is 12.1. The molecule has 0 aliphatic rings. The predicted octanol–water partition coefficient (Wildman–Crippen LogP) is 5.77.